The van der Waals surface area contributed by atoms with Crippen molar-refractivity contribution in [2.45, 2.75) is 13.0 Å². The van der Waals surface area contributed by atoms with Crippen molar-refractivity contribution in [2.24, 2.45) is 0 Å². The summed E-state index contributed by atoms with van der Waals surface area (Å²) in [5.41, 5.74) is 1.82. The monoisotopic (exact) mass is 413 g/mol. The van der Waals surface area contributed by atoms with Gasteiger partial charge in [-0.3, -0.25) is 9.69 Å². The number of methoxy groups -OCH3 is 1. The van der Waals surface area contributed by atoms with Crippen molar-refractivity contribution < 1.29 is 14.3 Å². The molecular formula is C22H24ClN3O3. The lowest BCUT2D eigenvalue weighted by Gasteiger charge is -2.37. The number of piperazine rings is 1. The van der Waals surface area contributed by atoms with Crippen molar-refractivity contribution in [2.75, 3.05) is 39.9 Å². The molecule has 1 aliphatic rings. The van der Waals surface area contributed by atoms with Gasteiger partial charge in [-0.05, 0) is 48.4 Å². The molecule has 1 amide bonds. The third kappa shape index (κ3) is 5.20. The van der Waals surface area contributed by atoms with Crippen LogP contribution in [0.25, 0.3) is 0 Å². The molecule has 152 valence electrons. The number of amides is 1. The summed E-state index contributed by atoms with van der Waals surface area (Å²) in [4.78, 5) is 16.4. The highest BCUT2D eigenvalue weighted by Crippen LogP contribution is 2.24. The van der Waals surface area contributed by atoms with E-state index in [-0.39, 0.29) is 18.6 Å². The van der Waals surface area contributed by atoms with Gasteiger partial charge >= 0.3 is 0 Å². The van der Waals surface area contributed by atoms with Crippen molar-refractivity contribution in [3.63, 3.8) is 0 Å². The Morgan fingerprint density at radius 2 is 1.86 bits per heavy atom. The molecule has 3 rings (SSSR count). The Hall–Kier alpha value is -2.75. The number of rotatable bonds is 6. The van der Waals surface area contributed by atoms with Crippen LogP contribution in [-0.2, 0) is 4.79 Å². The fraction of sp³-hybridized carbons (Fsp3) is 0.364. The lowest BCUT2D eigenvalue weighted by atomic mass is 10.1. The van der Waals surface area contributed by atoms with Gasteiger partial charge in [0.15, 0.2) is 6.61 Å². The van der Waals surface area contributed by atoms with Crippen LogP contribution < -0.4 is 9.47 Å². The number of nitriles is 1. The molecule has 1 unspecified atom stereocenters. The molecule has 1 fully saturated rings. The van der Waals surface area contributed by atoms with Gasteiger partial charge in [0.05, 0.1) is 13.2 Å². The zero-order chi connectivity index (χ0) is 20.8. The van der Waals surface area contributed by atoms with Gasteiger partial charge in [-0.2, -0.15) is 5.26 Å². The van der Waals surface area contributed by atoms with E-state index in [4.69, 9.17) is 21.1 Å². The van der Waals surface area contributed by atoms with E-state index in [1.165, 1.54) is 0 Å². The fourth-order valence-corrected chi connectivity index (χ4v) is 3.61. The predicted octanol–water partition coefficient (Wildman–Crippen LogP) is 3.44. The standard InChI is InChI=1S/C22H24ClN3O3/c1-16-13-18(23)5-8-21(16)29-15-22(27)26-11-9-25(10-12-26)20(14-24)17-3-6-19(28-2)7-4-17/h3-8,13,20H,9-12,15H2,1-2H3. The minimum absolute atomic E-state index is 0.0113. The maximum Gasteiger partial charge on any atom is 0.260 e. The molecule has 2 aromatic carbocycles. The number of carbonyl (C=O) groups excluding carboxylic acids is 1. The van der Waals surface area contributed by atoms with Gasteiger partial charge in [0.25, 0.3) is 5.91 Å². The molecule has 0 spiro atoms. The van der Waals surface area contributed by atoms with E-state index >= 15 is 0 Å². The lowest BCUT2D eigenvalue weighted by Crippen LogP contribution is -2.50. The highest BCUT2D eigenvalue weighted by molar-refractivity contribution is 6.30. The van der Waals surface area contributed by atoms with Crippen LogP contribution in [-0.4, -0.2) is 55.6 Å². The minimum atomic E-state index is -0.342. The molecule has 6 nitrogen and oxygen atoms in total. The summed E-state index contributed by atoms with van der Waals surface area (Å²) in [6, 6.07) is 14.9. The zero-order valence-corrected chi connectivity index (χ0v) is 17.4. The Balaban J connectivity index is 1.53. The van der Waals surface area contributed by atoms with Gasteiger partial charge in [-0.15, -0.1) is 0 Å². The number of hydrogen-bond donors (Lipinski definition) is 0. The summed E-state index contributed by atoms with van der Waals surface area (Å²) < 4.78 is 10.8. The molecule has 0 radical (unpaired) electrons. The van der Waals surface area contributed by atoms with E-state index in [9.17, 15) is 10.1 Å². The number of benzene rings is 2. The second kappa shape index (κ2) is 9.64. The average Bonchev–Trinajstić information content (AvgIpc) is 2.74. The smallest absolute Gasteiger partial charge is 0.260 e. The van der Waals surface area contributed by atoms with E-state index < -0.39 is 0 Å². The number of ether oxygens (including phenoxy) is 2. The number of nitrogens with zero attached hydrogens (tertiary/aromatic N) is 3. The first kappa shape index (κ1) is 21.0. The molecule has 1 atom stereocenters. The number of aryl methyl sites for hydroxylation is 1. The van der Waals surface area contributed by atoms with E-state index in [0.29, 0.717) is 37.0 Å². The van der Waals surface area contributed by atoms with Gasteiger partial charge in [0.1, 0.15) is 17.5 Å². The SMILES string of the molecule is COc1ccc(C(C#N)N2CCN(C(=O)COc3ccc(Cl)cc3C)CC2)cc1. The highest BCUT2D eigenvalue weighted by atomic mass is 35.5. The van der Waals surface area contributed by atoms with E-state index in [1.54, 1.807) is 30.2 Å². The average molecular weight is 414 g/mol. The summed E-state index contributed by atoms with van der Waals surface area (Å²) in [6.45, 7) is 4.28. The molecule has 1 saturated heterocycles. The van der Waals surface area contributed by atoms with Crippen molar-refractivity contribution in [1.29, 1.82) is 5.26 Å². The van der Waals surface area contributed by atoms with E-state index in [1.807, 2.05) is 31.2 Å². The number of carbonyl (C=O) groups is 1. The molecule has 1 aliphatic heterocycles. The Kier molecular flexibility index (Phi) is 6.97. The minimum Gasteiger partial charge on any atom is -0.497 e. The Morgan fingerprint density at radius 1 is 1.17 bits per heavy atom. The van der Waals surface area contributed by atoms with Crippen molar-refractivity contribution in [3.05, 3.63) is 58.6 Å². The third-order valence-corrected chi connectivity index (χ3v) is 5.31. The van der Waals surface area contributed by atoms with Crippen LogP contribution in [0, 0.1) is 18.3 Å². The van der Waals surface area contributed by atoms with Gasteiger partial charge in [0, 0.05) is 31.2 Å². The Bertz CT molecular complexity index is 887. The maximum atomic E-state index is 12.5. The van der Waals surface area contributed by atoms with Crippen molar-refractivity contribution >= 4 is 17.5 Å². The van der Waals surface area contributed by atoms with Gasteiger partial charge in [-0.1, -0.05) is 23.7 Å². The number of hydrogen-bond acceptors (Lipinski definition) is 5. The predicted molar refractivity (Wildman–Crippen MR) is 111 cm³/mol. The molecule has 2 aromatic rings. The van der Waals surface area contributed by atoms with Crippen LogP contribution in [0.2, 0.25) is 5.02 Å². The van der Waals surface area contributed by atoms with Crippen LogP contribution >= 0.6 is 11.6 Å². The summed E-state index contributed by atoms with van der Waals surface area (Å²) in [7, 11) is 1.62. The van der Waals surface area contributed by atoms with Gasteiger partial charge < -0.3 is 14.4 Å². The van der Waals surface area contributed by atoms with E-state index in [2.05, 4.69) is 11.0 Å². The van der Waals surface area contributed by atoms with Crippen LogP contribution in [0.1, 0.15) is 17.2 Å². The Morgan fingerprint density at radius 3 is 2.45 bits per heavy atom. The van der Waals surface area contributed by atoms with E-state index in [0.717, 1.165) is 16.9 Å². The summed E-state index contributed by atoms with van der Waals surface area (Å²) >= 11 is 5.95. The normalized spacial score (nSPS) is 15.4. The van der Waals surface area contributed by atoms with Crippen LogP contribution in [0.3, 0.4) is 0 Å². The first-order chi connectivity index (χ1) is 14.0. The summed E-state index contributed by atoms with van der Waals surface area (Å²) in [5.74, 6) is 1.36. The molecule has 0 aliphatic carbocycles. The molecule has 7 heteroatoms. The highest BCUT2D eigenvalue weighted by Gasteiger charge is 2.27. The largest absolute Gasteiger partial charge is 0.497 e. The summed E-state index contributed by atoms with van der Waals surface area (Å²) in [5, 5.41) is 10.3. The molecular weight excluding hydrogens is 390 g/mol. The van der Waals surface area contributed by atoms with Crippen LogP contribution in [0.4, 0.5) is 0 Å². The molecule has 1 heterocycles. The zero-order valence-electron chi connectivity index (χ0n) is 16.6. The van der Waals surface area contributed by atoms with Crippen molar-refractivity contribution in [3.8, 4) is 17.6 Å². The summed E-state index contributed by atoms with van der Waals surface area (Å²) in [6.07, 6.45) is 0. The lowest BCUT2D eigenvalue weighted by molar-refractivity contribution is -0.135. The molecule has 29 heavy (non-hydrogen) atoms. The number of halogens is 1. The van der Waals surface area contributed by atoms with Crippen LogP contribution in [0.5, 0.6) is 11.5 Å². The molecule has 0 bridgehead atoms. The first-order valence-corrected chi connectivity index (χ1v) is 9.84. The van der Waals surface area contributed by atoms with Gasteiger partial charge in [0.2, 0.25) is 0 Å². The molecule has 0 N–H and O–H groups in total. The van der Waals surface area contributed by atoms with Crippen molar-refractivity contribution in [1.82, 2.24) is 9.80 Å². The fourth-order valence-electron chi connectivity index (χ4n) is 3.39. The second-order valence-corrected chi connectivity index (χ2v) is 7.36. The second-order valence-electron chi connectivity index (χ2n) is 6.92. The third-order valence-electron chi connectivity index (χ3n) is 5.07. The van der Waals surface area contributed by atoms with Crippen LogP contribution in [0.15, 0.2) is 42.5 Å². The Labute approximate surface area is 176 Å². The van der Waals surface area contributed by atoms with Gasteiger partial charge in [-0.25, -0.2) is 0 Å². The molecule has 0 saturated carbocycles. The first-order valence-electron chi connectivity index (χ1n) is 9.46. The quantitative estimate of drug-likeness (QED) is 0.725. The molecule has 0 aromatic heterocycles. The maximum absolute atomic E-state index is 12.5. The topological polar surface area (TPSA) is 65.8 Å².